The molecule has 4 rings (SSSR count). The van der Waals surface area contributed by atoms with Gasteiger partial charge in [0.25, 0.3) is 0 Å². The first-order chi connectivity index (χ1) is 15.9. The predicted octanol–water partition coefficient (Wildman–Crippen LogP) is 3.14. The highest BCUT2D eigenvalue weighted by Crippen LogP contribution is 2.28. The Morgan fingerprint density at radius 1 is 1.18 bits per heavy atom. The molecule has 0 unspecified atom stereocenters. The monoisotopic (exact) mass is 491 g/mol. The number of nitrogens with zero attached hydrogens (tertiary/aromatic N) is 2. The second-order valence-corrected chi connectivity index (χ2v) is 8.93. The number of carbonyl (C=O) groups excluding carboxylic acids is 1. The van der Waals surface area contributed by atoms with Crippen LogP contribution in [0.1, 0.15) is 27.9 Å². The van der Waals surface area contributed by atoms with Gasteiger partial charge in [-0.25, -0.2) is 17.5 Å². The molecule has 33 heavy (non-hydrogen) atoms. The minimum Gasteiger partial charge on any atom is -0.378 e. The lowest BCUT2D eigenvalue weighted by Crippen LogP contribution is -2.36. The first-order valence-electron chi connectivity index (χ1n) is 10.6. The van der Waals surface area contributed by atoms with Gasteiger partial charge in [-0.3, -0.25) is 9.78 Å². The molecule has 1 aromatic heterocycles. The molecule has 1 N–H and O–H groups in total. The number of fused-ring (bicyclic) bond motifs is 1. The second kappa shape index (κ2) is 10.6. The van der Waals surface area contributed by atoms with E-state index in [1.54, 1.807) is 18.2 Å². The highest BCUT2D eigenvalue weighted by molar-refractivity contribution is 7.70. The van der Waals surface area contributed by atoms with E-state index in [1.165, 1.54) is 6.07 Å². The maximum Gasteiger partial charge on any atom is 0.201 e. The summed E-state index contributed by atoms with van der Waals surface area (Å²) in [6.45, 7) is 3.06. The van der Waals surface area contributed by atoms with Crippen LogP contribution >= 0.6 is 11.6 Å². The number of ketones is 1. The van der Waals surface area contributed by atoms with E-state index in [1.807, 2.05) is 12.3 Å². The first-order valence-corrected chi connectivity index (χ1v) is 12.1. The van der Waals surface area contributed by atoms with Crippen molar-refractivity contribution in [2.24, 2.45) is 0 Å². The molecular weight excluding hydrogens is 469 g/mol. The van der Waals surface area contributed by atoms with Crippen molar-refractivity contribution in [3.63, 3.8) is 0 Å². The summed E-state index contributed by atoms with van der Waals surface area (Å²) < 4.78 is 43.2. The molecule has 1 aliphatic heterocycles. The van der Waals surface area contributed by atoms with Gasteiger partial charge in [-0.15, -0.1) is 0 Å². The number of benzene rings is 2. The van der Waals surface area contributed by atoms with Crippen molar-refractivity contribution >= 4 is 44.9 Å². The Morgan fingerprint density at radius 2 is 1.97 bits per heavy atom. The molecule has 7 nitrogen and oxygen atoms in total. The summed E-state index contributed by atoms with van der Waals surface area (Å²) in [6, 6.07) is 9.54. The molecule has 3 aromatic rings. The normalized spacial score (nSPS) is 14.2. The Bertz CT molecular complexity index is 1250. The van der Waals surface area contributed by atoms with Gasteiger partial charge in [0.1, 0.15) is 5.82 Å². The lowest BCUT2D eigenvalue weighted by Gasteiger charge is -2.28. The van der Waals surface area contributed by atoms with Gasteiger partial charge in [-0.2, -0.15) is 0 Å². The molecule has 0 aliphatic carbocycles. The molecule has 2 aromatic carbocycles. The van der Waals surface area contributed by atoms with Gasteiger partial charge >= 0.3 is 0 Å². The number of thiol groups is 1. The van der Waals surface area contributed by atoms with E-state index in [9.17, 15) is 17.6 Å². The fourth-order valence-corrected chi connectivity index (χ4v) is 4.48. The maximum absolute atomic E-state index is 14.3. The Morgan fingerprint density at radius 3 is 2.73 bits per heavy atom. The quantitative estimate of drug-likeness (QED) is 0.286. The van der Waals surface area contributed by atoms with Gasteiger partial charge in [-0.05, 0) is 54.8 Å². The fraction of sp³-hybridized carbons (Fsp3) is 0.304. The molecule has 0 radical (unpaired) electrons. The molecule has 2 heterocycles. The van der Waals surface area contributed by atoms with Crippen LogP contribution in [0.4, 0.5) is 10.1 Å². The predicted molar refractivity (Wildman–Crippen MR) is 126 cm³/mol. The lowest BCUT2D eigenvalue weighted by molar-refractivity contribution is 0.103. The van der Waals surface area contributed by atoms with E-state index >= 15 is 0 Å². The van der Waals surface area contributed by atoms with Gasteiger partial charge < -0.3 is 9.64 Å². The number of nitrogens with one attached hydrogen (secondary N) is 1. The number of carbonyl (C=O) groups is 1. The van der Waals surface area contributed by atoms with Crippen LogP contribution in [0.2, 0.25) is 5.02 Å². The van der Waals surface area contributed by atoms with E-state index in [4.69, 9.17) is 16.3 Å². The minimum absolute atomic E-state index is 0.0752. The molecule has 0 atom stereocenters. The third-order valence-electron chi connectivity index (χ3n) is 5.53. The molecule has 174 valence electrons. The Labute approximate surface area is 197 Å². The van der Waals surface area contributed by atoms with Crippen LogP contribution in [0.15, 0.2) is 42.6 Å². The summed E-state index contributed by atoms with van der Waals surface area (Å²) in [5.41, 5.74) is 2.62. The zero-order chi connectivity index (χ0) is 23.4. The number of rotatable bonds is 8. The summed E-state index contributed by atoms with van der Waals surface area (Å²) >= 11 is 6.45. The van der Waals surface area contributed by atoms with E-state index in [0.29, 0.717) is 37.2 Å². The number of aryl methyl sites for hydroxylation is 1. The number of anilines is 1. The van der Waals surface area contributed by atoms with Gasteiger partial charge in [-0.1, -0.05) is 11.6 Å². The highest BCUT2D eigenvalue weighted by atomic mass is 35.5. The van der Waals surface area contributed by atoms with Crippen LogP contribution in [0.25, 0.3) is 10.9 Å². The molecule has 1 fully saturated rings. The minimum atomic E-state index is -2.69. The fourth-order valence-electron chi connectivity index (χ4n) is 3.85. The van der Waals surface area contributed by atoms with Gasteiger partial charge in [0.15, 0.2) is 5.78 Å². The van der Waals surface area contributed by atoms with E-state index in [2.05, 4.69) is 14.6 Å². The largest absolute Gasteiger partial charge is 0.378 e. The zero-order valence-corrected chi connectivity index (χ0v) is 19.4. The van der Waals surface area contributed by atoms with Crippen LogP contribution in [-0.4, -0.2) is 52.0 Å². The van der Waals surface area contributed by atoms with Crippen LogP contribution in [0.3, 0.4) is 0 Å². The van der Waals surface area contributed by atoms with Crippen LogP contribution in [0, 0.1) is 5.82 Å². The number of hydrogen-bond acceptors (Lipinski definition) is 6. The number of morpholine rings is 1. The number of halogens is 2. The summed E-state index contributed by atoms with van der Waals surface area (Å²) in [4.78, 5) is 19.9. The number of hydrogen-bond donors (Lipinski definition) is 2. The van der Waals surface area contributed by atoms with Gasteiger partial charge in [0.2, 0.25) is 10.9 Å². The van der Waals surface area contributed by atoms with E-state index in [-0.39, 0.29) is 22.9 Å². The molecule has 0 amide bonds. The number of pyridine rings is 1. The highest BCUT2D eigenvalue weighted by Gasteiger charge is 2.19. The summed E-state index contributed by atoms with van der Waals surface area (Å²) in [5, 5.41) is 0.976. The summed E-state index contributed by atoms with van der Waals surface area (Å²) in [5.74, 6) is -0.960. The van der Waals surface area contributed by atoms with Gasteiger partial charge in [0, 0.05) is 36.1 Å². The van der Waals surface area contributed by atoms with Crippen molar-refractivity contribution in [3.8, 4) is 0 Å². The third-order valence-corrected chi connectivity index (χ3v) is 6.45. The standard InChI is InChI=1S/C23H23ClFN3O4S/c24-22-15(2-1-5-27-33(30)31)11-18(25)13-20(22)23(29)16-3-4-21-17(10-16)12-19(14-26-21)28-6-8-32-9-7-28/h3-4,10-14,33H,1-2,5-9H2,(H,27,30,31). The van der Waals surface area contributed by atoms with Crippen molar-refractivity contribution in [1.82, 2.24) is 9.71 Å². The van der Waals surface area contributed by atoms with Gasteiger partial charge in [0.05, 0.1) is 35.6 Å². The molecule has 10 heteroatoms. The summed E-state index contributed by atoms with van der Waals surface area (Å²) in [6.07, 6.45) is 2.56. The molecule has 1 aliphatic rings. The van der Waals surface area contributed by atoms with Crippen molar-refractivity contribution in [3.05, 3.63) is 70.1 Å². The average Bonchev–Trinajstić information content (AvgIpc) is 2.83. The number of ether oxygens (including phenoxy) is 1. The molecular formula is C23H23ClFN3O4S. The van der Waals surface area contributed by atoms with E-state index < -0.39 is 16.7 Å². The second-order valence-electron chi connectivity index (χ2n) is 7.72. The lowest BCUT2D eigenvalue weighted by atomic mass is 9.98. The molecule has 0 bridgehead atoms. The van der Waals surface area contributed by atoms with Crippen LogP contribution in [0.5, 0.6) is 0 Å². The Kier molecular flexibility index (Phi) is 7.54. The molecule has 1 saturated heterocycles. The van der Waals surface area contributed by atoms with Crippen LogP contribution < -0.4 is 9.62 Å². The molecule has 0 saturated carbocycles. The maximum atomic E-state index is 14.3. The Balaban J connectivity index is 1.60. The topological polar surface area (TPSA) is 88.6 Å². The average molecular weight is 492 g/mol. The Hall–Kier alpha value is -2.59. The summed E-state index contributed by atoms with van der Waals surface area (Å²) in [7, 11) is -2.69. The van der Waals surface area contributed by atoms with Crippen molar-refractivity contribution in [2.45, 2.75) is 12.8 Å². The number of aromatic nitrogens is 1. The van der Waals surface area contributed by atoms with Crippen molar-refractivity contribution in [2.75, 3.05) is 37.7 Å². The van der Waals surface area contributed by atoms with Crippen molar-refractivity contribution < 1.29 is 22.3 Å². The first kappa shape index (κ1) is 23.6. The smallest absolute Gasteiger partial charge is 0.201 e. The van der Waals surface area contributed by atoms with E-state index in [0.717, 1.165) is 35.7 Å². The van der Waals surface area contributed by atoms with Crippen molar-refractivity contribution in [1.29, 1.82) is 0 Å². The third kappa shape index (κ3) is 5.67. The zero-order valence-electron chi connectivity index (χ0n) is 17.7. The molecule has 0 spiro atoms. The SMILES string of the molecule is O=C(c1ccc2ncc(N3CCOCC3)cc2c1)c1cc(F)cc(CCCN[SH](=O)=O)c1Cl. The van der Waals surface area contributed by atoms with Crippen LogP contribution in [-0.2, 0) is 22.0 Å².